The predicted octanol–water partition coefficient (Wildman–Crippen LogP) is 5.23. The third-order valence-electron chi connectivity index (χ3n) is 4.99. The third-order valence-corrected chi connectivity index (χ3v) is 7.14. The average molecular weight is 491 g/mol. The number of anilines is 1. The van der Waals surface area contributed by atoms with Gasteiger partial charge in [-0.25, -0.2) is 8.42 Å². The van der Waals surface area contributed by atoms with Gasteiger partial charge in [0.15, 0.2) is 0 Å². The smallest absolute Gasteiger partial charge is 0.322 e. The van der Waals surface area contributed by atoms with Crippen molar-refractivity contribution >= 4 is 33.5 Å². The Labute approximate surface area is 199 Å². The molecule has 176 valence electrons. The number of hydrogen-bond donors (Lipinski definition) is 1. The van der Waals surface area contributed by atoms with Gasteiger partial charge in [-0.05, 0) is 55.3 Å². The molecule has 0 fully saturated rings. The highest BCUT2D eigenvalue weighted by atomic mass is 35.5. The first-order valence-electron chi connectivity index (χ1n) is 10.9. The van der Waals surface area contributed by atoms with Crippen molar-refractivity contribution in [3.63, 3.8) is 0 Å². The van der Waals surface area contributed by atoms with Gasteiger partial charge in [0.25, 0.3) is 5.91 Å². The van der Waals surface area contributed by atoms with E-state index >= 15 is 0 Å². The number of carbonyl (C=O) groups excluding carboxylic acids is 1. The van der Waals surface area contributed by atoms with Crippen LogP contribution in [0.3, 0.4) is 0 Å². The fraction of sp³-hybridized carbons (Fsp3) is 0.348. The summed E-state index contributed by atoms with van der Waals surface area (Å²) >= 11 is 5.97. The van der Waals surface area contributed by atoms with Crippen LogP contribution >= 0.6 is 11.6 Å². The third kappa shape index (κ3) is 6.40. The molecule has 8 nitrogen and oxygen atoms in total. The molecule has 2 aromatic carbocycles. The van der Waals surface area contributed by atoms with Crippen LogP contribution in [0.2, 0.25) is 5.02 Å². The van der Waals surface area contributed by atoms with Crippen LogP contribution < -0.4 is 5.32 Å². The molecule has 3 rings (SSSR count). The van der Waals surface area contributed by atoms with Crippen molar-refractivity contribution in [1.82, 2.24) is 14.5 Å². The first kappa shape index (κ1) is 24.9. The summed E-state index contributed by atoms with van der Waals surface area (Å²) in [6, 6.07) is 12.7. The van der Waals surface area contributed by atoms with Gasteiger partial charge >= 0.3 is 6.01 Å². The Hall–Kier alpha value is -2.75. The van der Waals surface area contributed by atoms with Crippen LogP contribution in [0.15, 0.2) is 57.8 Å². The van der Waals surface area contributed by atoms with E-state index in [4.69, 9.17) is 16.0 Å². The van der Waals surface area contributed by atoms with E-state index in [2.05, 4.69) is 15.5 Å². The Kier molecular flexibility index (Phi) is 8.60. The van der Waals surface area contributed by atoms with E-state index in [0.717, 1.165) is 25.7 Å². The van der Waals surface area contributed by atoms with Crippen LogP contribution in [0.1, 0.15) is 49.9 Å². The number of amides is 1. The van der Waals surface area contributed by atoms with E-state index in [1.807, 2.05) is 13.8 Å². The molecule has 0 atom stereocenters. The lowest BCUT2D eigenvalue weighted by Gasteiger charge is -2.22. The summed E-state index contributed by atoms with van der Waals surface area (Å²) in [7, 11) is -3.63. The Morgan fingerprint density at radius 1 is 1.03 bits per heavy atom. The summed E-state index contributed by atoms with van der Waals surface area (Å²) in [4.78, 5) is 12.7. The van der Waals surface area contributed by atoms with E-state index in [0.29, 0.717) is 23.7 Å². The van der Waals surface area contributed by atoms with E-state index in [1.165, 1.54) is 28.6 Å². The molecule has 1 aromatic heterocycles. The second kappa shape index (κ2) is 11.4. The van der Waals surface area contributed by atoms with Crippen molar-refractivity contribution in [1.29, 1.82) is 0 Å². The molecule has 0 saturated heterocycles. The van der Waals surface area contributed by atoms with Gasteiger partial charge in [-0.1, -0.05) is 49.5 Å². The second-order valence-corrected chi connectivity index (χ2v) is 9.89. The Balaban J connectivity index is 1.71. The fourth-order valence-electron chi connectivity index (χ4n) is 3.13. The molecule has 0 aliphatic rings. The molecule has 33 heavy (non-hydrogen) atoms. The summed E-state index contributed by atoms with van der Waals surface area (Å²) in [6.45, 7) is 5.01. The number of carbonyl (C=O) groups is 1. The normalized spacial score (nSPS) is 11.6. The number of unbranched alkanes of at least 4 members (excludes halogenated alkanes) is 2. The topological polar surface area (TPSA) is 105 Å². The summed E-state index contributed by atoms with van der Waals surface area (Å²) in [5.74, 6) is -0.275. The fourth-order valence-corrected chi connectivity index (χ4v) is 4.84. The number of benzene rings is 2. The Morgan fingerprint density at radius 2 is 1.70 bits per heavy atom. The van der Waals surface area contributed by atoms with E-state index in [9.17, 15) is 13.2 Å². The number of sulfonamides is 1. The quantitative estimate of drug-likeness (QED) is 0.394. The van der Waals surface area contributed by atoms with Crippen LogP contribution in [-0.2, 0) is 10.0 Å². The summed E-state index contributed by atoms with van der Waals surface area (Å²) in [5.41, 5.74) is 0.894. The maximum Gasteiger partial charge on any atom is 0.322 e. The van der Waals surface area contributed by atoms with Crippen molar-refractivity contribution in [2.75, 3.05) is 18.4 Å². The molecule has 1 amide bonds. The Morgan fingerprint density at radius 3 is 2.30 bits per heavy atom. The highest BCUT2D eigenvalue weighted by Crippen LogP contribution is 2.23. The number of nitrogens with zero attached hydrogens (tertiary/aromatic N) is 3. The number of aromatic nitrogens is 2. The average Bonchev–Trinajstić information content (AvgIpc) is 3.27. The minimum Gasteiger partial charge on any atom is -0.403 e. The molecular formula is C23H27ClN4O4S. The van der Waals surface area contributed by atoms with Gasteiger partial charge in [-0.3, -0.25) is 10.1 Å². The molecule has 0 radical (unpaired) electrons. The SMILES string of the molecule is CCCCN(CCCC)S(=O)(=O)c1ccc(C(=O)Nc2nnc(-c3cccc(Cl)c3)o2)cc1. The largest absolute Gasteiger partial charge is 0.403 e. The number of halogens is 1. The molecule has 0 aliphatic heterocycles. The van der Waals surface area contributed by atoms with Gasteiger partial charge in [0, 0.05) is 29.2 Å². The molecule has 0 aliphatic carbocycles. The minimum absolute atomic E-state index is 0.0722. The highest BCUT2D eigenvalue weighted by molar-refractivity contribution is 7.89. The highest BCUT2D eigenvalue weighted by Gasteiger charge is 2.24. The van der Waals surface area contributed by atoms with Gasteiger partial charge < -0.3 is 4.42 Å². The van der Waals surface area contributed by atoms with Crippen molar-refractivity contribution in [2.45, 2.75) is 44.4 Å². The maximum absolute atomic E-state index is 13.1. The zero-order chi connectivity index (χ0) is 23.8. The lowest BCUT2D eigenvalue weighted by Crippen LogP contribution is -2.33. The van der Waals surface area contributed by atoms with Gasteiger partial charge in [0.05, 0.1) is 4.90 Å². The molecule has 1 heterocycles. The Bertz CT molecular complexity index is 1170. The summed E-state index contributed by atoms with van der Waals surface area (Å²) in [6.07, 6.45) is 3.41. The lowest BCUT2D eigenvalue weighted by molar-refractivity contribution is 0.102. The molecular weight excluding hydrogens is 464 g/mol. The first-order valence-corrected chi connectivity index (χ1v) is 12.7. The van der Waals surface area contributed by atoms with Crippen LogP contribution in [-0.4, -0.2) is 41.9 Å². The number of hydrogen-bond acceptors (Lipinski definition) is 6. The number of nitrogens with one attached hydrogen (secondary N) is 1. The summed E-state index contributed by atoms with van der Waals surface area (Å²) < 4.78 is 33.1. The maximum atomic E-state index is 13.1. The van der Waals surface area contributed by atoms with E-state index < -0.39 is 15.9 Å². The molecule has 0 spiro atoms. The van der Waals surface area contributed by atoms with Crippen LogP contribution in [0, 0.1) is 0 Å². The predicted molar refractivity (Wildman–Crippen MR) is 128 cm³/mol. The summed E-state index contributed by atoms with van der Waals surface area (Å²) in [5, 5.41) is 10.8. The van der Waals surface area contributed by atoms with Gasteiger partial charge in [0.1, 0.15) is 0 Å². The molecule has 0 bridgehead atoms. The molecule has 10 heteroatoms. The minimum atomic E-state index is -3.63. The first-order chi connectivity index (χ1) is 15.8. The van der Waals surface area contributed by atoms with Gasteiger partial charge in [-0.2, -0.15) is 4.31 Å². The molecule has 3 aromatic rings. The van der Waals surface area contributed by atoms with Gasteiger partial charge in [0.2, 0.25) is 15.9 Å². The van der Waals surface area contributed by atoms with Crippen molar-refractivity contribution in [2.24, 2.45) is 0 Å². The van der Waals surface area contributed by atoms with Crippen LogP contribution in [0.25, 0.3) is 11.5 Å². The van der Waals surface area contributed by atoms with Gasteiger partial charge in [-0.15, -0.1) is 5.10 Å². The standard InChI is InChI=1S/C23H27ClN4O4S/c1-3-5-14-28(15-6-4-2)33(30,31)20-12-10-17(11-13-20)21(29)25-23-27-26-22(32-23)18-8-7-9-19(24)16-18/h7-13,16H,3-6,14-15H2,1-2H3,(H,25,27,29). The lowest BCUT2D eigenvalue weighted by atomic mass is 10.2. The van der Waals surface area contributed by atoms with Crippen molar-refractivity contribution in [3.05, 3.63) is 59.1 Å². The molecule has 0 unspecified atom stereocenters. The number of rotatable bonds is 11. The molecule has 1 N–H and O–H groups in total. The van der Waals surface area contributed by atoms with E-state index in [-0.39, 0.29) is 22.4 Å². The van der Waals surface area contributed by atoms with Crippen LogP contribution in [0.5, 0.6) is 0 Å². The monoisotopic (exact) mass is 490 g/mol. The van der Waals surface area contributed by atoms with Crippen molar-refractivity contribution < 1.29 is 17.6 Å². The zero-order valence-corrected chi connectivity index (χ0v) is 20.2. The second-order valence-electron chi connectivity index (χ2n) is 7.51. The molecule has 0 saturated carbocycles. The zero-order valence-electron chi connectivity index (χ0n) is 18.6. The van der Waals surface area contributed by atoms with Crippen molar-refractivity contribution in [3.8, 4) is 11.5 Å². The van der Waals surface area contributed by atoms with E-state index in [1.54, 1.807) is 24.3 Å². The van der Waals surface area contributed by atoms with Crippen LogP contribution in [0.4, 0.5) is 6.01 Å².